The number of benzene rings is 1. The second-order valence-corrected chi connectivity index (χ2v) is 2.75. The van der Waals surface area contributed by atoms with Gasteiger partial charge in [0.05, 0.1) is 0 Å². The monoisotopic (exact) mass is 215 g/mol. The van der Waals surface area contributed by atoms with Gasteiger partial charge in [0.15, 0.2) is 0 Å². The molecule has 7 heteroatoms. The van der Waals surface area contributed by atoms with Gasteiger partial charge in [-0.3, -0.25) is 0 Å². The average molecular weight is 215 g/mol. The van der Waals surface area contributed by atoms with E-state index in [-0.39, 0.29) is 12.1 Å². The van der Waals surface area contributed by atoms with Gasteiger partial charge in [0, 0.05) is 0 Å². The van der Waals surface area contributed by atoms with Gasteiger partial charge in [-0.05, 0) is 0 Å². The van der Waals surface area contributed by atoms with Crippen molar-refractivity contribution in [1.29, 1.82) is 0 Å². The van der Waals surface area contributed by atoms with Gasteiger partial charge >= 0.3 is 6.98 Å². The van der Waals surface area contributed by atoms with Crippen LogP contribution < -0.4 is 5.46 Å². The molecule has 0 aliphatic carbocycles. The van der Waals surface area contributed by atoms with Gasteiger partial charge in [-0.1, -0.05) is 23.7 Å². The van der Waals surface area contributed by atoms with E-state index < -0.39 is 29.1 Å². The van der Waals surface area contributed by atoms with Gasteiger partial charge < -0.3 is 12.9 Å². The van der Waals surface area contributed by atoms with Crippen molar-refractivity contribution < 1.29 is 21.7 Å². The Bertz CT molecular complexity index is 311. The zero-order valence-corrected chi connectivity index (χ0v) is 6.76. The fourth-order valence-corrected chi connectivity index (χ4v) is 0.873. The molecule has 0 heterocycles. The Kier molecular flexibility index (Phi) is 2.52. The van der Waals surface area contributed by atoms with Crippen molar-refractivity contribution in [2.45, 2.75) is 0 Å². The zero-order chi connectivity index (χ0) is 10.2. The molecule has 0 fully saturated rings. The molecule has 1 aromatic rings. The molecule has 72 valence electrons. The molecular weight excluding hydrogens is 213 g/mol. The number of hydrogen-bond donors (Lipinski definition) is 0. The summed E-state index contributed by atoms with van der Waals surface area (Å²) >= 11 is 4.99. The Morgan fingerprint density at radius 3 is 1.69 bits per heavy atom. The fourth-order valence-electron chi connectivity index (χ4n) is 0.764. The van der Waals surface area contributed by atoms with Crippen LogP contribution in [0.15, 0.2) is 12.1 Å². The van der Waals surface area contributed by atoms with Crippen LogP contribution in [0.25, 0.3) is 0 Å². The minimum Gasteiger partial charge on any atom is -0.445 e. The second-order valence-electron chi connectivity index (χ2n) is 2.37. The highest BCUT2D eigenvalue weighted by Crippen LogP contribution is 2.19. The van der Waals surface area contributed by atoms with Crippen molar-refractivity contribution in [2.24, 2.45) is 0 Å². The first-order valence-electron chi connectivity index (χ1n) is 3.16. The van der Waals surface area contributed by atoms with E-state index in [2.05, 4.69) is 0 Å². The van der Waals surface area contributed by atoms with Gasteiger partial charge in [0.1, 0.15) is 16.7 Å². The van der Waals surface area contributed by atoms with Crippen LogP contribution in [0.4, 0.5) is 21.7 Å². The Hall–Kier alpha value is -0.775. The van der Waals surface area contributed by atoms with Crippen molar-refractivity contribution in [1.82, 2.24) is 0 Å². The summed E-state index contributed by atoms with van der Waals surface area (Å²) in [6.45, 7) is -5.40. The molecule has 0 unspecified atom stereocenters. The molecule has 0 saturated carbocycles. The smallest absolute Gasteiger partial charge is 0.445 e. The molecule has 0 atom stereocenters. The molecule has 0 aromatic heterocycles. The maximum absolute atomic E-state index is 12.5. The molecule has 0 aliphatic rings. The highest BCUT2D eigenvalue weighted by Gasteiger charge is 2.27. The predicted octanol–water partition coefficient (Wildman–Crippen LogP) is 2.67. The van der Waals surface area contributed by atoms with Crippen LogP contribution in [0.3, 0.4) is 0 Å². The Balaban J connectivity index is 3.29. The van der Waals surface area contributed by atoms with Crippen molar-refractivity contribution in [3.63, 3.8) is 0 Å². The lowest BCUT2D eigenvalue weighted by molar-refractivity contribution is 0.498. The third-order valence-electron chi connectivity index (χ3n) is 1.38. The standard InChI is InChI=1S/C6H2BClF5/c8-6-4(9)1-3(2-5(6)10)7(11,12)13/h1-2H/q-1. The summed E-state index contributed by atoms with van der Waals surface area (Å²) in [5, 5.41) is -0.927. The van der Waals surface area contributed by atoms with Crippen LogP contribution in [0.2, 0.25) is 5.02 Å². The molecule has 1 rings (SSSR count). The lowest BCUT2D eigenvalue weighted by atomic mass is 9.80. The van der Waals surface area contributed by atoms with E-state index >= 15 is 0 Å². The number of hydrogen-bond acceptors (Lipinski definition) is 0. The summed E-state index contributed by atoms with van der Waals surface area (Å²) in [6.07, 6.45) is 0. The molecule has 0 N–H and O–H groups in total. The van der Waals surface area contributed by atoms with E-state index in [9.17, 15) is 21.7 Å². The van der Waals surface area contributed by atoms with Crippen LogP contribution in [0.5, 0.6) is 0 Å². The van der Waals surface area contributed by atoms with E-state index in [1.54, 1.807) is 0 Å². The van der Waals surface area contributed by atoms with Crippen molar-refractivity contribution in [2.75, 3.05) is 0 Å². The van der Waals surface area contributed by atoms with Gasteiger partial charge in [0.25, 0.3) is 0 Å². The molecule has 13 heavy (non-hydrogen) atoms. The summed E-state index contributed by atoms with van der Waals surface area (Å²) in [6, 6.07) is 0.344. The first-order valence-corrected chi connectivity index (χ1v) is 3.54. The molecule has 0 aliphatic heterocycles. The molecular formula is C6H2BClF5-. The summed E-state index contributed by atoms with van der Waals surface area (Å²) in [5.41, 5.74) is -1.33. The highest BCUT2D eigenvalue weighted by molar-refractivity contribution is 6.73. The molecule has 0 spiro atoms. The first-order chi connectivity index (χ1) is 5.82. The topological polar surface area (TPSA) is 0 Å². The number of halogens is 6. The van der Waals surface area contributed by atoms with Crippen molar-refractivity contribution in [3.8, 4) is 0 Å². The van der Waals surface area contributed by atoms with Gasteiger partial charge in [-0.15, -0.1) is 5.46 Å². The summed E-state index contributed by atoms with van der Waals surface area (Å²) in [5.74, 6) is -2.81. The largest absolute Gasteiger partial charge is 0.509 e. The Morgan fingerprint density at radius 1 is 1.00 bits per heavy atom. The van der Waals surface area contributed by atoms with E-state index in [4.69, 9.17) is 11.6 Å². The molecule has 0 radical (unpaired) electrons. The van der Waals surface area contributed by atoms with Gasteiger partial charge in [-0.25, -0.2) is 8.78 Å². The van der Waals surface area contributed by atoms with Crippen LogP contribution in [-0.4, -0.2) is 6.98 Å². The first kappa shape index (κ1) is 10.3. The SMILES string of the molecule is Fc1cc([B-](F)(F)F)cc(F)c1Cl. The van der Waals surface area contributed by atoms with Crippen molar-refractivity contribution in [3.05, 3.63) is 28.8 Å². The zero-order valence-electron chi connectivity index (χ0n) is 6.00. The van der Waals surface area contributed by atoms with Crippen LogP contribution in [0.1, 0.15) is 0 Å². The van der Waals surface area contributed by atoms with E-state index in [0.29, 0.717) is 0 Å². The fraction of sp³-hybridized carbons (Fsp3) is 0. The van der Waals surface area contributed by atoms with E-state index in [1.165, 1.54) is 0 Å². The number of rotatable bonds is 1. The molecule has 0 bridgehead atoms. The summed E-state index contributed by atoms with van der Waals surface area (Å²) in [7, 11) is 0. The third-order valence-corrected chi connectivity index (χ3v) is 1.75. The average Bonchev–Trinajstić information content (AvgIpc) is 1.97. The van der Waals surface area contributed by atoms with Crippen molar-refractivity contribution >= 4 is 24.0 Å². The molecule has 1 aromatic carbocycles. The quantitative estimate of drug-likeness (QED) is 0.384. The molecule has 0 nitrogen and oxygen atoms in total. The normalized spacial score (nSPS) is 11.8. The maximum atomic E-state index is 12.5. The Morgan fingerprint density at radius 2 is 1.38 bits per heavy atom. The van der Waals surface area contributed by atoms with Crippen LogP contribution in [0, 0.1) is 11.6 Å². The third kappa shape index (κ3) is 2.12. The summed E-state index contributed by atoms with van der Waals surface area (Å²) in [4.78, 5) is 0. The van der Waals surface area contributed by atoms with Crippen LogP contribution >= 0.6 is 11.6 Å². The maximum Gasteiger partial charge on any atom is 0.509 e. The van der Waals surface area contributed by atoms with Gasteiger partial charge in [-0.2, -0.15) is 0 Å². The van der Waals surface area contributed by atoms with E-state index in [0.717, 1.165) is 0 Å². The Labute approximate surface area is 75.4 Å². The highest BCUT2D eigenvalue weighted by atomic mass is 35.5. The lowest BCUT2D eigenvalue weighted by Gasteiger charge is -2.15. The van der Waals surface area contributed by atoms with Gasteiger partial charge in [0.2, 0.25) is 0 Å². The predicted molar refractivity (Wildman–Crippen MR) is 40.1 cm³/mol. The molecule has 0 saturated heterocycles. The minimum atomic E-state index is -5.40. The molecule has 0 amide bonds. The summed E-state index contributed by atoms with van der Waals surface area (Å²) < 4.78 is 60.9. The second kappa shape index (κ2) is 3.18. The van der Waals surface area contributed by atoms with Crippen LogP contribution in [-0.2, 0) is 0 Å². The van der Waals surface area contributed by atoms with E-state index in [1.807, 2.05) is 0 Å². The lowest BCUT2D eigenvalue weighted by Crippen LogP contribution is -2.34. The minimum absolute atomic E-state index is 0.172.